The van der Waals surface area contributed by atoms with Crippen molar-refractivity contribution in [3.8, 4) is 6.07 Å². The van der Waals surface area contributed by atoms with Crippen LogP contribution in [0.25, 0.3) is 11.0 Å². The van der Waals surface area contributed by atoms with Gasteiger partial charge in [0, 0.05) is 12.1 Å². The van der Waals surface area contributed by atoms with Crippen molar-refractivity contribution in [2.24, 2.45) is 0 Å². The number of nitro groups is 1. The molecule has 1 atom stereocenters. The zero-order valence-electron chi connectivity index (χ0n) is 12.5. The lowest BCUT2D eigenvalue weighted by molar-refractivity contribution is -0.384. The second kappa shape index (κ2) is 6.30. The Hall–Kier alpha value is -3.53. The molecule has 1 unspecified atom stereocenters. The SMILES string of the molecule is N#CC(Cc1ccccc1)c1nc2ccc([N+](=O)[O-])cc2[nH]c1=O. The third kappa shape index (κ3) is 2.98. The predicted octanol–water partition coefficient (Wildman–Crippen LogP) is 2.68. The Morgan fingerprint density at radius 2 is 2.00 bits per heavy atom. The molecule has 0 saturated heterocycles. The van der Waals surface area contributed by atoms with Crippen LogP contribution in [0.1, 0.15) is 17.2 Å². The first-order valence-electron chi connectivity index (χ1n) is 7.20. The number of nitrogens with one attached hydrogen (secondary N) is 1. The largest absolute Gasteiger partial charge is 0.319 e. The Balaban J connectivity index is 2.03. The van der Waals surface area contributed by atoms with E-state index in [0.717, 1.165) is 5.56 Å². The number of H-pyrrole nitrogens is 1. The van der Waals surface area contributed by atoms with E-state index in [0.29, 0.717) is 11.9 Å². The maximum absolute atomic E-state index is 12.3. The van der Waals surface area contributed by atoms with Crippen LogP contribution in [-0.2, 0) is 6.42 Å². The van der Waals surface area contributed by atoms with Crippen molar-refractivity contribution >= 4 is 16.7 Å². The van der Waals surface area contributed by atoms with Gasteiger partial charge in [0.25, 0.3) is 11.2 Å². The van der Waals surface area contributed by atoms with Gasteiger partial charge in [-0.2, -0.15) is 5.26 Å². The molecule has 118 valence electrons. The number of non-ortho nitro benzene ring substituents is 1. The average molecular weight is 320 g/mol. The molecule has 0 aliphatic carbocycles. The van der Waals surface area contributed by atoms with Crippen LogP contribution in [-0.4, -0.2) is 14.9 Å². The Morgan fingerprint density at radius 3 is 2.67 bits per heavy atom. The first-order valence-corrected chi connectivity index (χ1v) is 7.20. The summed E-state index contributed by atoms with van der Waals surface area (Å²) < 4.78 is 0. The van der Waals surface area contributed by atoms with Crippen molar-refractivity contribution in [2.45, 2.75) is 12.3 Å². The van der Waals surface area contributed by atoms with Crippen LogP contribution in [0.3, 0.4) is 0 Å². The van der Waals surface area contributed by atoms with E-state index in [1.807, 2.05) is 30.3 Å². The van der Waals surface area contributed by atoms with Crippen molar-refractivity contribution in [2.75, 3.05) is 0 Å². The van der Waals surface area contributed by atoms with Crippen LogP contribution in [0.4, 0.5) is 5.69 Å². The normalized spacial score (nSPS) is 11.8. The molecular weight excluding hydrogens is 308 g/mol. The van der Waals surface area contributed by atoms with Crippen LogP contribution in [0.2, 0.25) is 0 Å². The zero-order valence-corrected chi connectivity index (χ0v) is 12.5. The second-order valence-corrected chi connectivity index (χ2v) is 5.28. The highest BCUT2D eigenvalue weighted by atomic mass is 16.6. The smallest absolute Gasteiger partial charge is 0.271 e. The van der Waals surface area contributed by atoms with Gasteiger partial charge in [-0.25, -0.2) is 4.98 Å². The van der Waals surface area contributed by atoms with E-state index >= 15 is 0 Å². The third-order valence-corrected chi connectivity index (χ3v) is 3.68. The minimum absolute atomic E-state index is 0.114. The van der Waals surface area contributed by atoms with Gasteiger partial charge in [0.2, 0.25) is 0 Å². The summed E-state index contributed by atoms with van der Waals surface area (Å²) in [6, 6.07) is 15.5. The van der Waals surface area contributed by atoms with E-state index in [-0.39, 0.29) is 16.9 Å². The Morgan fingerprint density at radius 1 is 1.25 bits per heavy atom. The number of aromatic nitrogens is 2. The molecule has 0 aliphatic rings. The number of hydrogen-bond donors (Lipinski definition) is 1. The molecule has 7 nitrogen and oxygen atoms in total. The lowest BCUT2D eigenvalue weighted by Crippen LogP contribution is -2.19. The van der Waals surface area contributed by atoms with Crippen molar-refractivity contribution < 1.29 is 4.92 Å². The maximum atomic E-state index is 12.3. The summed E-state index contributed by atoms with van der Waals surface area (Å²) in [5, 5.41) is 20.2. The fourth-order valence-electron chi connectivity index (χ4n) is 2.49. The van der Waals surface area contributed by atoms with E-state index in [4.69, 9.17) is 0 Å². The summed E-state index contributed by atoms with van der Waals surface area (Å²) in [6.45, 7) is 0. The molecule has 0 amide bonds. The lowest BCUT2D eigenvalue weighted by atomic mass is 9.97. The van der Waals surface area contributed by atoms with Gasteiger partial charge >= 0.3 is 0 Å². The summed E-state index contributed by atoms with van der Waals surface area (Å²) >= 11 is 0. The van der Waals surface area contributed by atoms with Gasteiger partial charge in [0.1, 0.15) is 5.69 Å². The number of nitrogens with zero attached hydrogens (tertiary/aromatic N) is 3. The monoisotopic (exact) mass is 320 g/mol. The average Bonchev–Trinajstić information content (AvgIpc) is 2.59. The molecule has 1 N–H and O–H groups in total. The van der Waals surface area contributed by atoms with Crippen molar-refractivity contribution in [3.63, 3.8) is 0 Å². The van der Waals surface area contributed by atoms with E-state index in [2.05, 4.69) is 16.0 Å². The van der Waals surface area contributed by atoms with Crippen molar-refractivity contribution in [1.82, 2.24) is 9.97 Å². The van der Waals surface area contributed by atoms with Gasteiger partial charge in [0.05, 0.1) is 27.9 Å². The van der Waals surface area contributed by atoms with E-state index < -0.39 is 16.4 Å². The van der Waals surface area contributed by atoms with Gasteiger partial charge in [-0.3, -0.25) is 14.9 Å². The number of fused-ring (bicyclic) bond motifs is 1. The Labute approximate surface area is 136 Å². The van der Waals surface area contributed by atoms with Crippen molar-refractivity contribution in [3.05, 3.63) is 80.3 Å². The molecular formula is C17H12N4O3. The number of nitro benzene ring substituents is 1. The zero-order chi connectivity index (χ0) is 17.1. The van der Waals surface area contributed by atoms with Crippen LogP contribution in [0, 0.1) is 21.4 Å². The third-order valence-electron chi connectivity index (χ3n) is 3.68. The quantitative estimate of drug-likeness (QED) is 0.586. The Bertz CT molecular complexity index is 1010. The number of benzene rings is 2. The topological polar surface area (TPSA) is 113 Å². The van der Waals surface area contributed by atoms with Crippen LogP contribution in [0.15, 0.2) is 53.3 Å². The van der Waals surface area contributed by atoms with Gasteiger partial charge in [-0.1, -0.05) is 30.3 Å². The first-order chi connectivity index (χ1) is 11.6. The fraction of sp³-hybridized carbons (Fsp3) is 0.118. The summed E-state index contributed by atoms with van der Waals surface area (Å²) in [5.74, 6) is -0.698. The van der Waals surface area contributed by atoms with Crippen LogP contribution >= 0.6 is 0 Å². The summed E-state index contributed by atoms with van der Waals surface area (Å²) in [6.07, 6.45) is 0.367. The standard InChI is InChI=1S/C17H12N4O3/c18-10-12(8-11-4-2-1-3-5-11)16-17(22)20-15-9-13(21(23)24)6-7-14(15)19-16/h1-7,9,12H,8H2,(H,20,22). The highest BCUT2D eigenvalue weighted by Crippen LogP contribution is 2.20. The number of hydrogen-bond acceptors (Lipinski definition) is 5. The fourth-order valence-corrected chi connectivity index (χ4v) is 2.49. The predicted molar refractivity (Wildman–Crippen MR) is 87.5 cm³/mol. The maximum Gasteiger partial charge on any atom is 0.271 e. The van der Waals surface area contributed by atoms with Gasteiger partial charge < -0.3 is 4.98 Å². The molecule has 0 radical (unpaired) electrons. The molecule has 0 bridgehead atoms. The minimum Gasteiger partial charge on any atom is -0.319 e. The second-order valence-electron chi connectivity index (χ2n) is 5.28. The lowest BCUT2D eigenvalue weighted by Gasteiger charge is -2.09. The van der Waals surface area contributed by atoms with Crippen LogP contribution in [0.5, 0.6) is 0 Å². The van der Waals surface area contributed by atoms with E-state index in [1.54, 1.807) is 0 Å². The summed E-state index contributed by atoms with van der Waals surface area (Å²) in [4.78, 5) is 29.4. The number of nitriles is 1. The Kier molecular flexibility index (Phi) is 4.03. The summed E-state index contributed by atoms with van der Waals surface area (Å²) in [5.41, 5.74) is 1.08. The molecule has 2 aromatic carbocycles. The van der Waals surface area contributed by atoms with E-state index in [9.17, 15) is 20.2 Å². The first kappa shape index (κ1) is 15.4. The molecule has 24 heavy (non-hydrogen) atoms. The van der Waals surface area contributed by atoms with E-state index in [1.165, 1.54) is 18.2 Å². The number of rotatable bonds is 4. The molecule has 0 saturated carbocycles. The molecule has 7 heteroatoms. The highest BCUT2D eigenvalue weighted by molar-refractivity contribution is 5.76. The molecule has 1 aromatic heterocycles. The van der Waals surface area contributed by atoms with Crippen molar-refractivity contribution in [1.29, 1.82) is 5.26 Å². The van der Waals surface area contributed by atoms with Gasteiger partial charge in [-0.15, -0.1) is 0 Å². The molecule has 1 heterocycles. The van der Waals surface area contributed by atoms with Gasteiger partial charge in [-0.05, 0) is 18.1 Å². The molecule has 0 spiro atoms. The van der Waals surface area contributed by atoms with Gasteiger partial charge in [0.15, 0.2) is 0 Å². The number of aromatic amines is 1. The molecule has 0 aliphatic heterocycles. The van der Waals surface area contributed by atoms with Crippen LogP contribution < -0.4 is 5.56 Å². The molecule has 0 fully saturated rings. The molecule has 3 rings (SSSR count). The minimum atomic E-state index is -0.698. The summed E-state index contributed by atoms with van der Waals surface area (Å²) in [7, 11) is 0. The molecule has 3 aromatic rings. The highest BCUT2D eigenvalue weighted by Gasteiger charge is 2.19.